The van der Waals surface area contributed by atoms with Gasteiger partial charge in [0.15, 0.2) is 6.10 Å². The first-order valence-electron chi connectivity index (χ1n) is 18.8. The molecule has 3 atom stereocenters. The van der Waals surface area contributed by atoms with Gasteiger partial charge in [-0.25, -0.2) is 4.57 Å². The van der Waals surface area contributed by atoms with E-state index in [1.807, 2.05) is 0 Å². The molecule has 0 radical (unpaired) electrons. The summed E-state index contributed by atoms with van der Waals surface area (Å²) in [6.45, 7) is 2.30. The lowest BCUT2D eigenvalue weighted by atomic mass is 10.1. The van der Waals surface area contributed by atoms with Crippen LogP contribution >= 0.6 is 7.82 Å². The van der Waals surface area contributed by atoms with Crippen LogP contribution in [0.1, 0.15) is 162 Å². The third kappa shape index (κ3) is 33.0. The Balaban J connectivity index is 4.39. The molecule has 0 spiro atoms. The first-order chi connectivity index (χ1) is 23.2. The first kappa shape index (κ1) is 46.5. The Morgan fingerprint density at radius 1 is 0.625 bits per heavy atom. The van der Waals surface area contributed by atoms with Gasteiger partial charge in [-0.1, -0.05) is 134 Å². The summed E-state index contributed by atoms with van der Waals surface area (Å²) in [6, 6.07) is 0. The number of rotatable bonds is 35. The summed E-state index contributed by atoms with van der Waals surface area (Å²) in [4.78, 5) is 34.8. The Kier molecular flexibility index (Phi) is 32.8. The van der Waals surface area contributed by atoms with E-state index in [2.05, 4.69) is 42.7 Å². The van der Waals surface area contributed by atoms with Gasteiger partial charge in [-0.3, -0.25) is 18.6 Å². The van der Waals surface area contributed by atoms with Gasteiger partial charge in [0.05, 0.1) is 19.8 Å². The molecule has 48 heavy (non-hydrogen) atoms. The summed E-state index contributed by atoms with van der Waals surface area (Å²) in [5.41, 5.74) is 0. The number of phosphoric acid groups is 1. The molecule has 3 N–H and O–H groups in total. The van der Waals surface area contributed by atoms with E-state index in [1.54, 1.807) is 0 Å². The number of unbranched alkanes of at least 4 members (excludes halogenated alkanes) is 17. The van der Waals surface area contributed by atoms with E-state index < -0.39 is 51.8 Å². The summed E-state index contributed by atoms with van der Waals surface area (Å²) in [6.07, 6.45) is 30.0. The predicted octanol–water partition coefficient (Wildman–Crippen LogP) is 9.05. The Labute approximate surface area is 291 Å². The van der Waals surface area contributed by atoms with Crippen molar-refractivity contribution in [1.82, 2.24) is 0 Å². The summed E-state index contributed by atoms with van der Waals surface area (Å²) >= 11 is 0. The lowest BCUT2D eigenvalue weighted by molar-refractivity contribution is -0.161. The topological polar surface area (TPSA) is 149 Å². The number of hydrogen-bond acceptors (Lipinski definition) is 9. The van der Waals surface area contributed by atoms with Crippen LogP contribution < -0.4 is 0 Å². The van der Waals surface area contributed by atoms with Crippen LogP contribution in [0.15, 0.2) is 24.3 Å². The van der Waals surface area contributed by atoms with Crippen molar-refractivity contribution in [2.24, 2.45) is 0 Å². The van der Waals surface area contributed by atoms with Crippen molar-refractivity contribution in [3.05, 3.63) is 24.3 Å². The molecule has 0 amide bonds. The number of aliphatic hydroxyl groups excluding tert-OH is 2. The number of phosphoric ester groups is 1. The zero-order chi connectivity index (χ0) is 35.6. The molecule has 282 valence electrons. The summed E-state index contributed by atoms with van der Waals surface area (Å²) in [5, 5.41) is 18.2. The van der Waals surface area contributed by atoms with Crippen molar-refractivity contribution in [2.45, 2.75) is 174 Å². The quantitative estimate of drug-likeness (QED) is 0.0252. The molecule has 0 aromatic carbocycles. The Bertz CT molecular complexity index is 863. The van der Waals surface area contributed by atoms with Gasteiger partial charge in [0, 0.05) is 12.8 Å². The minimum Gasteiger partial charge on any atom is -0.462 e. The second-order valence-corrected chi connectivity index (χ2v) is 14.1. The van der Waals surface area contributed by atoms with Crippen molar-refractivity contribution in [3.63, 3.8) is 0 Å². The smallest absolute Gasteiger partial charge is 0.462 e. The van der Waals surface area contributed by atoms with Crippen molar-refractivity contribution >= 4 is 19.8 Å². The summed E-state index contributed by atoms with van der Waals surface area (Å²) in [5.74, 6) is -0.941. The molecule has 1 unspecified atom stereocenters. The van der Waals surface area contributed by atoms with Crippen LogP contribution in [0.25, 0.3) is 0 Å². The molecule has 10 nitrogen and oxygen atoms in total. The van der Waals surface area contributed by atoms with Crippen molar-refractivity contribution in [2.75, 3.05) is 26.4 Å². The molecule has 0 saturated heterocycles. The molecular formula is C37H69O10P. The average molecular weight is 705 g/mol. The van der Waals surface area contributed by atoms with Crippen LogP contribution in [0.2, 0.25) is 0 Å². The number of ether oxygens (including phenoxy) is 2. The molecule has 0 aliphatic heterocycles. The molecule has 0 saturated carbocycles. The Hall–Kier alpha value is -1.55. The molecule has 0 bridgehead atoms. The van der Waals surface area contributed by atoms with E-state index in [0.717, 1.165) is 64.2 Å². The molecule has 0 rings (SSSR count). The van der Waals surface area contributed by atoms with Gasteiger partial charge >= 0.3 is 19.8 Å². The second-order valence-electron chi connectivity index (χ2n) is 12.6. The number of carbonyl (C=O) groups excluding carboxylic acids is 2. The zero-order valence-corrected chi connectivity index (χ0v) is 31.1. The zero-order valence-electron chi connectivity index (χ0n) is 30.2. The first-order valence-corrected chi connectivity index (χ1v) is 20.3. The van der Waals surface area contributed by atoms with Gasteiger partial charge in [0.1, 0.15) is 12.7 Å². The van der Waals surface area contributed by atoms with Crippen LogP contribution in [0.3, 0.4) is 0 Å². The molecule has 0 heterocycles. The number of allylic oxidation sites excluding steroid dienone is 4. The van der Waals surface area contributed by atoms with E-state index in [0.29, 0.717) is 12.8 Å². The highest BCUT2D eigenvalue weighted by Gasteiger charge is 2.27. The van der Waals surface area contributed by atoms with E-state index >= 15 is 0 Å². The van der Waals surface area contributed by atoms with Crippen molar-refractivity contribution in [1.29, 1.82) is 0 Å². The van der Waals surface area contributed by atoms with Gasteiger partial charge in [-0.2, -0.15) is 0 Å². The van der Waals surface area contributed by atoms with Crippen LogP contribution in [-0.2, 0) is 32.7 Å². The molecule has 11 heteroatoms. The normalized spacial score (nSPS) is 14.4. The van der Waals surface area contributed by atoms with Crippen molar-refractivity contribution in [3.8, 4) is 0 Å². The van der Waals surface area contributed by atoms with Gasteiger partial charge in [0.25, 0.3) is 0 Å². The minimum absolute atomic E-state index is 0.184. The largest absolute Gasteiger partial charge is 0.472 e. The Morgan fingerprint density at radius 3 is 1.67 bits per heavy atom. The minimum atomic E-state index is -4.61. The van der Waals surface area contributed by atoms with Crippen LogP contribution in [0.4, 0.5) is 0 Å². The Morgan fingerprint density at radius 2 is 1.10 bits per heavy atom. The van der Waals surface area contributed by atoms with Gasteiger partial charge in [0.2, 0.25) is 0 Å². The molecular weight excluding hydrogens is 635 g/mol. The van der Waals surface area contributed by atoms with E-state index in [4.69, 9.17) is 19.1 Å². The molecule has 0 fully saturated rings. The van der Waals surface area contributed by atoms with E-state index in [-0.39, 0.29) is 19.4 Å². The maximum absolute atomic E-state index is 12.5. The maximum Gasteiger partial charge on any atom is 0.472 e. The van der Waals surface area contributed by atoms with Crippen LogP contribution in [-0.4, -0.2) is 65.7 Å². The summed E-state index contributed by atoms with van der Waals surface area (Å²) < 4.78 is 32.5. The fourth-order valence-corrected chi connectivity index (χ4v) is 5.68. The van der Waals surface area contributed by atoms with E-state index in [9.17, 15) is 24.2 Å². The third-order valence-corrected chi connectivity index (χ3v) is 8.81. The molecule has 0 aromatic heterocycles. The predicted molar refractivity (Wildman–Crippen MR) is 191 cm³/mol. The highest BCUT2D eigenvalue weighted by molar-refractivity contribution is 7.47. The molecule has 0 aromatic rings. The monoisotopic (exact) mass is 704 g/mol. The highest BCUT2D eigenvalue weighted by Crippen LogP contribution is 2.43. The fourth-order valence-electron chi connectivity index (χ4n) is 4.89. The molecule has 0 aliphatic rings. The number of carbonyl (C=O) groups is 2. The maximum atomic E-state index is 12.5. The van der Waals surface area contributed by atoms with Crippen LogP contribution in [0, 0.1) is 0 Å². The average Bonchev–Trinajstić information content (AvgIpc) is 3.07. The lowest BCUT2D eigenvalue weighted by Gasteiger charge is -2.20. The van der Waals surface area contributed by atoms with Gasteiger partial charge in [-0.05, 0) is 38.5 Å². The lowest BCUT2D eigenvalue weighted by Crippen LogP contribution is -2.29. The number of hydrogen-bond donors (Lipinski definition) is 3. The van der Waals surface area contributed by atoms with E-state index in [1.165, 1.54) is 57.8 Å². The summed E-state index contributed by atoms with van der Waals surface area (Å²) in [7, 11) is -4.61. The number of aliphatic hydroxyl groups is 2. The fraction of sp³-hybridized carbons (Fsp3) is 0.838. The van der Waals surface area contributed by atoms with Gasteiger partial charge in [-0.15, -0.1) is 0 Å². The van der Waals surface area contributed by atoms with Crippen LogP contribution in [0.5, 0.6) is 0 Å². The molecule has 0 aliphatic carbocycles. The van der Waals surface area contributed by atoms with Crippen molar-refractivity contribution < 1.29 is 47.8 Å². The SMILES string of the molecule is CCCC/C=C/C/C=C/CCCCCCCC(=O)OC[C@H](COP(=O)(O)OC[C@@H](O)CO)OC(=O)CCCCCCCCCCCCC. The third-order valence-electron chi connectivity index (χ3n) is 7.86. The highest BCUT2D eigenvalue weighted by atomic mass is 31.2. The standard InChI is InChI=1S/C37H69O10P/c1-3-5-7-9-11-13-15-16-17-19-20-22-24-26-28-36(40)44-32-35(33-46-48(42,43)45-31-34(39)30-38)47-37(41)29-27-25-23-21-18-14-12-10-8-6-4-2/h9,11,15-16,34-35,38-39H,3-8,10,12-14,17-33H2,1-2H3,(H,42,43)/b11-9+,16-15+/t34-,35+/m0/s1. The second kappa shape index (κ2) is 33.9. The number of esters is 2. The van der Waals surface area contributed by atoms with Gasteiger partial charge < -0.3 is 24.6 Å².